The topological polar surface area (TPSA) is 111 Å². The average Bonchev–Trinajstić information content (AvgIpc) is 3.64. The minimum atomic E-state index is -1.07. The van der Waals surface area contributed by atoms with Crippen LogP contribution in [0.4, 0.5) is 9.52 Å². The van der Waals surface area contributed by atoms with Crippen LogP contribution in [0.25, 0.3) is 5.76 Å². The van der Waals surface area contributed by atoms with Gasteiger partial charge in [0.15, 0.2) is 15.8 Å². The summed E-state index contributed by atoms with van der Waals surface area (Å²) >= 11 is 2.35. The largest absolute Gasteiger partial charge is 0.507 e. The number of carbonyl (C=O) groups excluding carboxylic acids is 2. The van der Waals surface area contributed by atoms with E-state index in [-0.39, 0.29) is 28.9 Å². The maximum Gasteiger partial charge on any atom is 0.301 e. The molecule has 12 heteroatoms. The van der Waals surface area contributed by atoms with E-state index >= 15 is 0 Å². The third-order valence-corrected chi connectivity index (χ3v) is 9.00. The van der Waals surface area contributed by atoms with E-state index in [1.54, 1.807) is 66.7 Å². The first-order valence-corrected chi connectivity index (χ1v) is 16.4. The number of halogens is 1. The zero-order chi connectivity index (χ0) is 32.6. The van der Waals surface area contributed by atoms with Crippen molar-refractivity contribution in [2.24, 2.45) is 0 Å². The Balaban J connectivity index is 1.57. The van der Waals surface area contributed by atoms with E-state index in [9.17, 15) is 19.1 Å². The normalized spacial score (nSPS) is 15.6. The predicted octanol–water partition coefficient (Wildman–Crippen LogP) is 7.35. The maximum atomic E-state index is 14.2. The van der Waals surface area contributed by atoms with Gasteiger partial charge >= 0.3 is 5.91 Å². The summed E-state index contributed by atoms with van der Waals surface area (Å²) in [5.41, 5.74) is 1.19. The number of ether oxygens (including phenoxy) is 3. The van der Waals surface area contributed by atoms with Crippen LogP contribution in [-0.4, -0.2) is 46.8 Å². The number of aliphatic hydroxyl groups is 1. The smallest absolute Gasteiger partial charge is 0.301 e. The number of hydrogen-bond donors (Lipinski definition) is 1. The van der Waals surface area contributed by atoms with Crippen molar-refractivity contribution in [2.75, 3.05) is 24.7 Å². The fraction of sp³-hybridized carbons (Fsp3) is 0.235. The Labute approximate surface area is 274 Å². The number of aromatic nitrogens is 2. The van der Waals surface area contributed by atoms with E-state index in [1.165, 1.54) is 22.7 Å². The number of benzene rings is 3. The van der Waals surface area contributed by atoms with Crippen LogP contribution in [0.1, 0.15) is 43.0 Å². The number of aliphatic hydroxyl groups excluding tert-OH is 1. The zero-order valence-electron chi connectivity index (χ0n) is 25.3. The van der Waals surface area contributed by atoms with Crippen LogP contribution in [-0.2, 0) is 15.3 Å². The summed E-state index contributed by atoms with van der Waals surface area (Å²) in [6.07, 6.45) is 2.44. The van der Waals surface area contributed by atoms with Gasteiger partial charge in [-0.15, -0.1) is 10.2 Å². The van der Waals surface area contributed by atoms with Gasteiger partial charge in [0.05, 0.1) is 24.8 Å². The number of Topliss-reactive ketones (excluding diaryl/α,β-unsaturated/α-hetero) is 1. The van der Waals surface area contributed by atoms with E-state index in [1.807, 2.05) is 13.8 Å². The molecule has 0 radical (unpaired) electrons. The summed E-state index contributed by atoms with van der Waals surface area (Å²) in [5.74, 6) is -0.684. The minimum Gasteiger partial charge on any atom is -0.507 e. The molecule has 1 unspecified atom stereocenters. The Bertz CT molecular complexity index is 1760. The standard InChI is InChI=1S/C34H32FN3O6S2/c1-4-17-43-24-14-11-21(12-15-24)30(39)28-29(22-13-16-26(44-18-5-2)27(19-22)42-6-3)38(32(41)31(28)40)33-36-37-34(46-33)45-20-23-9-7-8-10-25(23)35/h5,7-16,19,29,39H,2,4,6,17-18,20H2,1,3H3. The molecular weight excluding hydrogens is 630 g/mol. The SMILES string of the molecule is C=CCOc1ccc(C2C(=C(O)c3ccc(OCCC)cc3)C(=O)C(=O)N2c2nnc(SCc3ccccc3F)s2)cc1OCC. The van der Waals surface area contributed by atoms with Gasteiger partial charge in [-0.05, 0) is 66.9 Å². The summed E-state index contributed by atoms with van der Waals surface area (Å²) in [6, 6.07) is 17.1. The molecule has 2 heterocycles. The first-order chi connectivity index (χ1) is 22.4. The molecule has 46 heavy (non-hydrogen) atoms. The van der Waals surface area contributed by atoms with E-state index in [0.29, 0.717) is 57.2 Å². The number of ketones is 1. The fourth-order valence-electron chi connectivity index (χ4n) is 4.77. The lowest BCUT2D eigenvalue weighted by molar-refractivity contribution is -0.132. The van der Waals surface area contributed by atoms with Crippen LogP contribution in [0.15, 0.2) is 89.3 Å². The van der Waals surface area contributed by atoms with E-state index < -0.39 is 17.7 Å². The first kappa shape index (κ1) is 32.7. The minimum absolute atomic E-state index is 0.120. The lowest BCUT2D eigenvalue weighted by Gasteiger charge is -2.23. The van der Waals surface area contributed by atoms with Crippen molar-refractivity contribution in [3.8, 4) is 17.2 Å². The van der Waals surface area contributed by atoms with Gasteiger partial charge in [0.25, 0.3) is 5.78 Å². The van der Waals surface area contributed by atoms with Crippen LogP contribution in [0.2, 0.25) is 0 Å². The van der Waals surface area contributed by atoms with Gasteiger partial charge in [0.2, 0.25) is 5.13 Å². The van der Waals surface area contributed by atoms with Crippen molar-refractivity contribution in [3.05, 3.63) is 107 Å². The number of rotatable bonds is 14. The molecule has 0 spiro atoms. The van der Waals surface area contributed by atoms with Gasteiger partial charge in [-0.2, -0.15) is 0 Å². The Hall–Kier alpha value is -4.68. The van der Waals surface area contributed by atoms with Crippen LogP contribution in [0.5, 0.6) is 17.2 Å². The van der Waals surface area contributed by atoms with Crippen molar-refractivity contribution >= 4 is 45.7 Å². The molecule has 1 fully saturated rings. The Morgan fingerprint density at radius 1 is 1.04 bits per heavy atom. The number of anilines is 1. The van der Waals surface area contributed by atoms with Gasteiger partial charge in [-0.1, -0.05) is 66.9 Å². The summed E-state index contributed by atoms with van der Waals surface area (Å²) < 4.78 is 31.9. The highest BCUT2D eigenvalue weighted by Gasteiger charge is 2.48. The summed E-state index contributed by atoms with van der Waals surface area (Å²) in [7, 11) is 0. The number of thioether (sulfide) groups is 1. The van der Waals surface area contributed by atoms with Gasteiger partial charge in [0.1, 0.15) is 23.9 Å². The molecule has 9 nitrogen and oxygen atoms in total. The summed E-state index contributed by atoms with van der Waals surface area (Å²) in [5, 5.41) is 20.1. The Morgan fingerprint density at radius 3 is 2.54 bits per heavy atom. The third-order valence-electron chi connectivity index (χ3n) is 6.90. The Morgan fingerprint density at radius 2 is 1.83 bits per heavy atom. The molecule has 1 atom stereocenters. The highest BCUT2D eigenvalue weighted by molar-refractivity contribution is 8.00. The van der Waals surface area contributed by atoms with Crippen LogP contribution < -0.4 is 19.1 Å². The van der Waals surface area contributed by atoms with E-state index in [0.717, 1.165) is 17.8 Å². The summed E-state index contributed by atoms with van der Waals surface area (Å²) in [4.78, 5) is 28.6. The van der Waals surface area contributed by atoms with E-state index in [4.69, 9.17) is 14.2 Å². The molecule has 0 aliphatic carbocycles. The number of hydrogen-bond acceptors (Lipinski definition) is 10. The third kappa shape index (κ3) is 7.08. The molecule has 1 aliphatic rings. The van der Waals surface area contributed by atoms with E-state index in [2.05, 4.69) is 16.8 Å². The number of nitrogens with zero attached hydrogens (tertiary/aromatic N) is 3. The highest BCUT2D eigenvalue weighted by Crippen LogP contribution is 2.45. The van der Waals surface area contributed by atoms with Crippen molar-refractivity contribution in [2.45, 2.75) is 36.4 Å². The molecule has 1 N–H and O–H groups in total. The number of amides is 1. The summed E-state index contributed by atoms with van der Waals surface area (Å²) in [6.45, 7) is 8.62. The molecule has 1 aliphatic heterocycles. The first-order valence-electron chi connectivity index (χ1n) is 14.6. The predicted molar refractivity (Wildman–Crippen MR) is 176 cm³/mol. The van der Waals surface area contributed by atoms with Crippen molar-refractivity contribution in [1.82, 2.24) is 10.2 Å². The number of carbonyl (C=O) groups is 2. The van der Waals surface area contributed by atoms with Gasteiger partial charge in [-0.3, -0.25) is 14.5 Å². The second-order valence-electron chi connectivity index (χ2n) is 10.0. The molecule has 0 bridgehead atoms. The lowest BCUT2D eigenvalue weighted by atomic mass is 9.95. The maximum absolute atomic E-state index is 14.2. The van der Waals surface area contributed by atoms with Crippen LogP contribution in [0.3, 0.4) is 0 Å². The second-order valence-corrected chi connectivity index (χ2v) is 12.2. The molecule has 238 valence electrons. The monoisotopic (exact) mass is 661 g/mol. The molecule has 5 rings (SSSR count). The molecule has 3 aromatic carbocycles. The molecular formula is C34H32FN3O6S2. The van der Waals surface area contributed by atoms with Crippen LogP contribution >= 0.6 is 23.1 Å². The van der Waals surface area contributed by atoms with Gasteiger partial charge in [0, 0.05) is 11.3 Å². The highest BCUT2D eigenvalue weighted by atomic mass is 32.2. The van der Waals surface area contributed by atoms with Crippen molar-refractivity contribution < 1.29 is 33.3 Å². The quantitative estimate of drug-likeness (QED) is 0.0370. The molecule has 1 aromatic heterocycles. The van der Waals surface area contributed by atoms with Gasteiger partial charge in [-0.25, -0.2) is 4.39 Å². The zero-order valence-corrected chi connectivity index (χ0v) is 26.9. The van der Waals surface area contributed by atoms with Gasteiger partial charge < -0.3 is 19.3 Å². The fourth-order valence-corrected chi connectivity index (χ4v) is 6.63. The van der Waals surface area contributed by atoms with Crippen molar-refractivity contribution in [1.29, 1.82) is 0 Å². The van der Waals surface area contributed by atoms with Crippen molar-refractivity contribution in [3.63, 3.8) is 0 Å². The molecule has 0 saturated carbocycles. The molecule has 4 aromatic rings. The lowest BCUT2D eigenvalue weighted by Crippen LogP contribution is -2.29. The molecule has 1 saturated heterocycles. The second kappa shape index (κ2) is 15.1. The Kier molecular flexibility index (Phi) is 10.7. The molecule has 1 amide bonds. The average molecular weight is 662 g/mol. The van der Waals surface area contributed by atoms with Crippen LogP contribution in [0, 0.1) is 5.82 Å².